The number of nitrogens with two attached hydrogens (primary N) is 1. The highest BCUT2D eigenvalue weighted by molar-refractivity contribution is 8.00. The Labute approximate surface area is 631 Å². The number of amides is 9. The molecule has 7 saturated heterocycles. The third kappa shape index (κ3) is 24.6. The second kappa shape index (κ2) is 44.0. The molecule has 28 atom stereocenters. The number of fused-ring (bicyclic) bond motifs is 1. The average Bonchev–Trinajstić information content (AvgIpc) is 1.68. The molecule has 7 rings (SSSR count). The van der Waals surface area contributed by atoms with E-state index in [1.54, 1.807) is 11.8 Å². The Hall–Kier alpha value is -5.29. The first-order valence-electron chi connectivity index (χ1n) is 35.5. The maximum atomic E-state index is 15.2. The normalized spacial score (nSPS) is 35.7. The van der Waals surface area contributed by atoms with Gasteiger partial charge in [0.2, 0.25) is 41.4 Å². The summed E-state index contributed by atoms with van der Waals surface area (Å²) in [6.07, 6.45) is -44.3. The smallest absolute Gasteiger partial charge is 0.315 e. The fraction of sp³-hybridized carbons (Fsp3) is 0.871. The van der Waals surface area contributed by atoms with E-state index < -0.39 is 333 Å². The van der Waals surface area contributed by atoms with E-state index in [1.165, 1.54) is 0 Å². The number of aliphatic hydroxyl groups excluding tert-OH is 20. The van der Waals surface area contributed by atoms with Crippen LogP contribution >= 0.6 is 11.8 Å². The van der Waals surface area contributed by atoms with Crippen molar-refractivity contribution >= 4 is 59.1 Å². The van der Waals surface area contributed by atoms with Gasteiger partial charge in [-0.15, -0.1) is 0 Å². The number of unbranched alkanes of at least 4 members (excludes halogenated alkanes) is 1. The van der Waals surface area contributed by atoms with Gasteiger partial charge in [0.25, 0.3) is 0 Å². The summed E-state index contributed by atoms with van der Waals surface area (Å²) >= 11 is 1.66. The van der Waals surface area contributed by atoms with Crippen molar-refractivity contribution < 1.29 is 188 Å². The molecule has 25 N–H and O–H groups in total. The van der Waals surface area contributed by atoms with Gasteiger partial charge in [0.15, 0.2) is 31.5 Å². The lowest BCUT2D eigenvalue weighted by molar-refractivity contribution is -0.301. The Morgan fingerprint density at radius 1 is 0.400 bits per heavy atom. The van der Waals surface area contributed by atoms with Gasteiger partial charge in [-0.3, -0.25) is 33.6 Å². The zero-order valence-corrected chi connectivity index (χ0v) is 60.4. The average molecular weight is 1620 g/mol. The summed E-state index contributed by atoms with van der Waals surface area (Å²) in [5.74, 6) is -6.96. The van der Waals surface area contributed by atoms with E-state index >= 15 is 14.4 Å². The van der Waals surface area contributed by atoms with Crippen molar-refractivity contribution in [3.63, 3.8) is 0 Å². The number of hydrogen-bond acceptors (Lipinski definition) is 39. The lowest BCUT2D eigenvalue weighted by atomic mass is 9.99. The second-order valence-corrected chi connectivity index (χ2v) is 28.3. The van der Waals surface area contributed by atoms with Crippen LogP contribution in [0.1, 0.15) is 25.7 Å². The van der Waals surface area contributed by atoms with E-state index in [2.05, 4.69) is 16.0 Å². The molecule has 0 aromatic rings. The van der Waals surface area contributed by atoms with E-state index in [9.17, 15) is 126 Å². The molecule has 0 spiro atoms. The van der Waals surface area contributed by atoms with Crippen molar-refractivity contribution in [1.82, 2.24) is 40.4 Å². The second-order valence-electron chi connectivity index (χ2n) is 27.0. The van der Waals surface area contributed by atoms with Gasteiger partial charge in [0.05, 0.1) is 117 Å². The van der Waals surface area contributed by atoms with Crippen molar-refractivity contribution in [3.05, 3.63) is 0 Å². The number of nitrogens with one attached hydrogen (secondary N) is 3. The van der Waals surface area contributed by atoms with Crippen molar-refractivity contribution in [2.45, 2.75) is 197 Å². The zero-order chi connectivity index (χ0) is 81.0. The summed E-state index contributed by atoms with van der Waals surface area (Å²) < 4.78 is 55.3. The fourth-order valence-corrected chi connectivity index (χ4v) is 14.3. The van der Waals surface area contributed by atoms with E-state index in [0.29, 0.717) is 39.7 Å². The van der Waals surface area contributed by atoms with E-state index in [0.717, 1.165) is 9.80 Å². The molecule has 110 heavy (non-hydrogen) atoms. The monoisotopic (exact) mass is 1620 g/mol. The molecule has 0 saturated carbocycles. The molecule has 47 nitrogen and oxygen atoms in total. The maximum Gasteiger partial charge on any atom is 0.315 e. The number of nitrogens with zero attached hydrogens (tertiary/aromatic N) is 5. The van der Waals surface area contributed by atoms with Gasteiger partial charge < -0.3 is 196 Å². The van der Waals surface area contributed by atoms with Gasteiger partial charge in [0.1, 0.15) is 122 Å². The Balaban J connectivity index is 1.18. The zero-order valence-electron chi connectivity index (χ0n) is 59.6. The number of aliphatic hydroxyl groups is 20. The highest BCUT2D eigenvalue weighted by Gasteiger charge is 2.50. The number of rotatable bonds is 42. The molecule has 0 aromatic carbocycles. The standard InChI is InChI=1S/C62H105N9O38S/c63-34(77)16-67(5-10-100-57-52(94)47(89)42(84)28(21-72)105-57)37(80)18-69(7-12-102-59-54(96)49(91)44(86)30(23-74)107-59)39(82)20-71(9-14-104-61-56(98)51(93)46(88)32(25-76)109-61)40(83)19-70(8-13-103-60-55(97)50(92)45(87)31(24-75)108-60)38(81)17-68(6-11-101-58-53(95)48(90)43(85)29(22-73)106-58)36(79)15-64-35(78)4-2-1-3-33-41-27(26-110-33)65-62(99)66-41/h27-33,41-61,72-76,84-98H,1-26H2,(H2,63,77)(H,64,78)(H2,65,66,99)/t27-,28+,29+,30+,31+,32+,33?,41-,42+,43+,44+,45+,46+,47-,48-,49-,50-,51-,52-,53-,54-,55-,56-,57-,58-,59-,60-,61-/m0/s1. The van der Waals surface area contributed by atoms with E-state index in [-0.39, 0.29) is 29.8 Å². The van der Waals surface area contributed by atoms with Gasteiger partial charge in [-0.05, 0) is 12.8 Å². The Kier molecular flexibility index (Phi) is 36.7. The first kappa shape index (κ1) is 91.9. The first-order valence-corrected chi connectivity index (χ1v) is 36.6. The van der Waals surface area contributed by atoms with Crippen LogP contribution in [0.15, 0.2) is 0 Å². The topological polar surface area (TPSA) is 712 Å². The van der Waals surface area contributed by atoms with Crippen LogP contribution in [0.5, 0.6) is 0 Å². The summed E-state index contributed by atoms with van der Waals surface area (Å²) in [6.45, 7) is -18.2. The van der Waals surface area contributed by atoms with Crippen molar-refractivity contribution in [1.29, 1.82) is 0 Å². The van der Waals surface area contributed by atoms with Gasteiger partial charge >= 0.3 is 6.03 Å². The molecular weight excluding hydrogens is 1510 g/mol. The number of carbonyl (C=O) groups is 8. The predicted octanol–water partition coefficient (Wildman–Crippen LogP) is -17.5. The van der Waals surface area contributed by atoms with Gasteiger partial charge in [0, 0.05) is 50.1 Å². The van der Waals surface area contributed by atoms with Crippen LogP contribution in [-0.2, 0) is 80.9 Å². The minimum absolute atomic E-state index is 0.0493. The van der Waals surface area contributed by atoms with Crippen molar-refractivity contribution in [3.8, 4) is 0 Å². The Bertz CT molecular complexity index is 2930. The summed E-state index contributed by atoms with van der Waals surface area (Å²) in [7, 11) is 0. The van der Waals surface area contributed by atoms with Gasteiger partial charge in [-0.1, -0.05) is 6.42 Å². The lowest BCUT2D eigenvalue weighted by Gasteiger charge is -2.40. The van der Waals surface area contributed by atoms with E-state index in [4.69, 9.17) is 53.1 Å². The molecule has 632 valence electrons. The Morgan fingerprint density at radius 3 is 0.964 bits per heavy atom. The van der Waals surface area contributed by atoms with Crippen molar-refractivity contribution in [2.75, 3.05) is 144 Å². The van der Waals surface area contributed by atoms with Crippen LogP contribution in [-0.4, -0.2) is 489 Å². The maximum absolute atomic E-state index is 15.2. The molecule has 7 heterocycles. The highest BCUT2D eigenvalue weighted by Crippen LogP contribution is 2.34. The van der Waals surface area contributed by atoms with Crippen molar-refractivity contribution in [2.24, 2.45) is 5.73 Å². The van der Waals surface area contributed by atoms with Gasteiger partial charge in [-0.2, -0.15) is 11.8 Å². The number of hydrogen-bond donors (Lipinski definition) is 24. The van der Waals surface area contributed by atoms with Crippen LogP contribution in [0.4, 0.5) is 4.79 Å². The van der Waals surface area contributed by atoms with Crippen LogP contribution in [0.3, 0.4) is 0 Å². The number of primary amides is 1. The molecular formula is C62H105N9O38S. The predicted molar refractivity (Wildman–Crippen MR) is 358 cm³/mol. The first-order chi connectivity index (χ1) is 52.3. The molecule has 48 heteroatoms. The molecule has 0 radical (unpaired) electrons. The molecule has 1 unspecified atom stereocenters. The quantitative estimate of drug-likeness (QED) is 0.0199. The lowest BCUT2D eigenvalue weighted by Crippen LogP contribution is -2.59. The molecule has 7 aliphatic heterocycles. The third-order valence-electron chi connectivity index (χ3n) is 19.4. The van der Waals surface area contributed by atoms with Crippen LogP contribution in [0.25, 0.3) is 0 Å². The van der Waals surface area contributed by atoms with Crippen LogP contribution in [0.2, 0.25) is 0 Å². The largest absolute Gasteiger partial charge is 0.394 e. The fourth-order valence-electron chi connectivity index (χ4n) is 12.8. The van der Waals surface area contributed by atoms with Gasteiger partial charge in [-0.25, -0.2) is 4.79 Å². The molecule has 0 aliphatic carbocycles. The SMILES string of the molecule is NC(=O)CN(CCO[C@H]1O[C@H](CO)[C@@H](O)[C@H](O)[C@@H]1O)C(=O)CN(CCO[C@H]1O[C@H](CO)[C@@H](O)[C@H](O)[C@@H]1O)C(=O)CN(CCO[C@H]1O[C@H](CO)[C@@H](O)[C@H](O)[C@@H]1O)C(=O)CN(CCO[C@H]1O[C@H](CO)[C@@H](O)[C@H](O)[C@@H]1O)C(=O)CN(CCO[C@H]1O[C@H](CO)[C@@H](O)[C@H](O)[C@@H]1O)C(=O)CNC(=O)CCCCC1SC[C@@H]2NC(=O)N[C@H]12. The molecule has 0 aromatic heterocycles. The third-order valence-corrected chi connectivity index (χ3v) is 20.9. The summed E-state index contributed by atoms with van der Waals surface area (Å²) in [6, 6.07) is -0.438. The van der Waals surface area contributed by atoms with Crippen LogP contribution in [0, 0.1) is 0 Å². The minimum atomic E-state index is -2.05. The summed E-state index contributed by atoms with van der Waals surface area (Å²) in [5, 5.41) is 216. The molecule has 9 amide bonds. The summed E-state index contributed by atoms with van der Waals surface area (Å²) in [4.78, 5) is 116. The molecule has 0 bridgehead atoms. The molecule has 7 fully saturated rings. The number of carbonyl (C=O) groups excluding carboxylic acids is 8. The molecule has 7 aliphatic rings. The number of urea groups is 1. The van der Waals surface area contributed by atoms with Crippen LogP contribution < -0.4 is 21.7 Å². The minimum Gasteiger partial charge on any atom is -0.394 e. The number of thioether (sulfide) groups is 1. The highest BCUT2D eigenvalue weighted by atomic mass is 32.2. The summed E-state index contributed by atoms with van der Waals surface area (Å²) in [5.41, 5.74) is 5.52. The number of ether oxygens (including phenoxy) is 10. The van der Waals surface area contributed by atoms with E-state index in [1.807, 2.05) is 0 Å². The Morgan fingerprint density at radius 2 is 0.682 bits per heavy atom.